The fourth-order valence-electron chi connectivity index (χ4n) is 3.78. The fourth-order valence-corrected chi connectivity index (χ4v) is 4.93. The number of nitriles is 1. The number of nitrogens with zero attached hydrogens (tertiary/aromatic N) is 5. The lowest BCUT2D eigenvalue weighted by atomic mass is 9.76. The second-order valence-electron chi connectivity index (χ2n) is 7.33. The maximum absolute atomic E-state index is 12.5. The van der Waals surface area contributed by atoms with Crippen LogP contribution in [0.1, 0.15) is 24.1 Å². The SMILES string of the molecule is Cc1ccc(C#N)c(N2CC[C@@]3(O)CCN(S(=O)(=O)N(C)C)C[C@H]3C2)n1. The van der Waals surface area contributed by atoms with Crippen LogP contribution in [0.2, 0.25) is 0 Å². The van der Waals surface area contributed by atoms with Gasteiger partial charge in [0.05, 0.1) is 11.2 Å². The lowest BCUT2D eigenvalue weighted by Gasteiger charge is -2.50. The molecular weight excluding hydrogens is 354 g/mol. The highest BCUT2D eigenvalue weighted by atomic mass is 32.2. The average molecular weight is 379 g/mol. The van der Waals surface area contributed by atoms with Crippen molar-refractivity contribution in [3.05, 3.63) is 23.4 Å². The predicted molar refractivity (Wildman–Crippen MR) is 97.8 cm³/mol. The molecule has 2 aliphatic heterocycles. The monoisotopic (exact) mass is 379 g/mol. The molecule has 0 unspecified atom stereocenters. The Kier molecular flexibility index (Phi) is 4.96. The normalized spacial score (nSPS) is 27.2. The first-order valence-electron chi connectivity index (χ1n) is 8.70. The largest absolute Gasteiger partial charge is 0.389 e. The van der Waals surface area contributed by atoms with E-state index in [2.05, 4.69) is 11.1 Å². The molecule has 0 spiro atoms. The molecule has 3 rings (SSSR count). The molecule has 0 amide bonds. The molecular formula is C17H25N5O3S. The molecule has 9 heteroatoms. The van der Waals surface area contributed by atoms with E-state index in [0.29, 0.717) is 43.9 Å². The van der Waals surface area contributed by atoms with Gasteiger partial charge in [-0.1, -0.05) is 0 Å². The third-order valence-electron chi connectivity index (χ3n) is 5.46. The van der Waals surface area contributed by atoms with Gasteiger partial charge in [-0.3, -0.25) is 0 Å². The Hall–Kier alpha value is -1.73. The number of rotatable bonds is 3. The third kappa shape index (κ3) is 3.30. The predicted octanol–water partition coefficient (Wildman–Crippen LogP) is 0.331. The smallest absolute Gasteiger partial charge is 0.281 e. The summed E-state index contributed by atoms with van der Waals surface area (Å²) in [5.74, 6) is 0.385. The Morgan fingerprint density at radius 3 is 2.65 bits per heavy atom. The summed E-state index contributed by atoms with van der Waals surface area (Å²) in [6, 6.07) is 5.72. The van der Waals surface area contributed by atoms with Crippen molar-refractivity contribution in [3.63, 3.8) is 0 Å². The zero-order chi connectivity index (χ0) is 19.1. The highest BCUT2D eigenvalue weighted by molar-refractivity contribution is 7.86. The second-order valence-corrected chi connectivity index (χ2v) is 9.47. The minimum absolute atomic E-state index is 0.228. The van der Waals surface area contributed by atoms with Gasteiger partial charge in [0.15, 0.2) is 0 Å². The third-order valence-corrected chi connectivity index (χ3v) is 7.36. The molecule has 1 N–H and O–H groups in total. The maximum atomic E-state index is 12.5. The van der Waals surface area contributed by atoms with E-state index >= 15 is 0 Å². The number of piperidine rings is 2. The van der Waals surface area contributed by atoms with Gasteiger partial charge in [0, 0.05) is 51.9 Å². The van der Waals surface area contributed by atoms with Crippen LogP contribution in [0.3, 0.4) is 0 Å². The number of hydrogen-bond donors (Lipinski definition) is 1. The Labute approximate surface area is 154 Å². The van der Waals surface area contributed by atoms with Gasteiger partial charge in [0.1, 0.15) is 11.9 Å². The van der Waals surface area contributed by atoms with E-state index in [9.17, 15) is 18.8 Å². The zero-order valence-electron chi connectivity index (χ0n) is 15.4. The van der Waals surface area contributed by atoms with Crippen molar-refractivity contribution < 1.29 is 13.5 Å². The summed E-state index contributed by atoms with van der Waals surface area (Å²) in [5, 5.41) is 20.4. The van der Waals surface area contributed by atoms with Gasteiger partial charge >= 0.3 is 0 Å². The number of aryl methyl sites for hydroxylation is 1. The highest BCUT2D eigenvalue weighted by Gasteiger charge is 2.48. The van der Waals surface area contributed by atoms with E-state index in [4.69, 9.17) is 0 Å². The summed E-state index contributed by atoms with van der Waals surface area (Å²) in [5.41, 5.74) is 0.445. The van der Waals surface area contributed by atoms with E-state index in [1.54, 1.807) is 12.1 Å². The van der Waals surface area contributed by atoms with Gasteiger partial charge in [-0.05, 0) is 31.9 Å². The number of hydrogen-bond acceptors (Lipinski definition) is 6. The van der Waals surface area contributed by atoms with Crippen LogP contribution in [0, 0.1) is 24.2 Å². The summed E-state index contributed by atoms with van der Waals surface area (Å²) >= 11 is 0. The number of pyridine rings is 1. The van der Waals surface area contributed by atoms with Crippen molar-refractivity contribution in [1.82, 2.24) is 13.6 Å². The van der Waals surface area contributed by atoms with Gasteiger partial charge in [-0.15, -0.1) is 0 Å². The molecule has 0 bridgehead atoms. The van der Waals surface area contributed by atoms with Crippen LogP contribution in [-0.4, -0.2) is 73.0 Å². The molecule has 2 atom stereocenters. The molecule has 2 fully saturated rings. The lowest BCUT2D eigenvalue weighted by molar-refractivity contribution is -0.0695. The first-order valence-corrected chi connectivity index (χ1v) is 10.1. The molecule has 8 nitrogen and oxygen atoms in total. The van der Waals surface area contributed by atoms with Gasteiger partial charge in [-0.2, -0.15) is 22.3 Å². The Bertz CT molecular complexity index is 835. The zero-order valence-corrected chi connectivity index (χ0v) is 16.2. The van der Waals surface area contributed by atoms with E-state index in [0.717, 1.165) is 5.69 Å². The quantitative estimate of drug-likeness (QED) is 0.812. The minimum atomic E-state index is -3.51. The lowest BCUT2D eigenvalue weighted by Crippen LogP contribution is -2.61. The van der Waals surface area contributed by atoms with Crippen molar-refractivity contribution in [1.29, 1.82) is 5.26 Å². The first-order chi connectivity index (χ1) is 12.2. The van der Waals surface area contributed by atoms with E-state index in [1.807, 2.05) is 11.8 Å². The first kappa shape index (κ1) is 19.0. The van der Waals surface area contributed by atoms with Crippen LogP contribution in [0.15, 0.2) is 12.1 Å². The van der Waals surface area contributed by atoms with Crippen LogP contribution < -0.4 is 4.90 Å². The highest BCUT2D eigenvalue weighted by Crippen LogP contribution is 2.38. The number of aromatic nitrogens is 1. The van der Waals surface area contributed by atoms with Crippen molar-refractivity contribution in [2.75, 3.05) is 45.2 Å². The molecule has 2 aliphatic rings. The number of fused-ring (bicyclic) bond motifs is 1. The van der Waals surface area contributed by atoms with E-state index in [-0.39, 0.29) is 12.5 Å². The van der Waals surface area contributed by atoms with Gasteiger partial charge in [-0.25, -0.2) is 4.98 Å². The summed E-state index contributed by atoms with van der Waals surface area (Å²) in [7, 11) is -0.484. The van der Waals surface area contributed by atoms with Crippen LogP contribution >= 0.6 is 0 Å². The minimum Gasteiger partial charge on any atom is -0.389 e. The molecule has 3 heterocycles. The van der Waals surface area contributed by atoms with Crippen molar-refractivity contribution >= 4 is 16.0 Å². The Balaban J connectivity index is 1.85. The Morgan fingerprint density at radius 2 is 2.00 bits per heavy atom. The Morgan fingerprint density at radius 1 is 1.31 bits per heavy atom. The van der Waals surface area contributed by atoms with Crippen LogP contribution in [0.25, 0.3) is 0 Å². The molecule has 0 aromatic carbocycles. The van der Waals surface area contributed by atoms with Gasteiger partial charge in [0.2, 0.25) is 0 Å². The summed E-state index contributed by atoms with van der Waals surface area (Å²) < 4.78 is 27.6. The van der Waals surface area contributed by atoms with Crippen LogP contribution in [0.4, 0.5) is 5.82 Å². The molecule has 0 radical (unpaired) electrons. The van der Waals surface area contributed by atoms with Crippen LogP contribution in [0.5, 0.6) is 0 Å². The van der Waals surface area contributed by atoms with Crippen molar-refractivity contribution in [2.45, 2.75) is 25.4 Å². The van der Waals surface area contributed by atoms with Crippen LogP contribution in [-0.2, 0) is 10.2 Å². The topological polar surface area (TPSA) is 101 Å². The van der Waals surface area contributed by atoms with Gasteiger partial charge in [0.25, 0.3) is 10.2 Å². The average Bonchev–Trinajstić information content (AvgIpc) is 2.60. The molecule has 1 aromatic heterocycles. The molecule has 142 valence electrons. The summed E-state index contributed by atoms with van der Waals surface area (Å²) in [6.07, 6.45) is 0.957. The molecule has 2 saturated heterocycles. The summed E-state index contributed by atoms with van der Waals surface area (Å²) in [6.45, 7) is 3.53. The molecule has 0 saturated carbocycles. The van der Waals surface area contributed by atoms with Crippen molar-refractivity contribution in [2.24, 2.45) is 5.92 Å². The molecule has 1 aromatic rings. The fraction of sp³-hybridized carbons (Fsp3) is 0.647. The maximum Gasteiger partial charge on any atom is 0.281 e. The molecule has 0 aliphatic carbocycles. The standard InChI is InChI=1S/C17H25N5O3S/c1-13-4-5-14(10-18)16(19-13)21-8-6-17(23)7-9-22(12-15(17)11-21)26(24,25)20(2)3/h4-5,15,23H,6-9,11-12H2,1-3H3/t15-,17-/m1/s1. The van der Waals surface area contributed by atoms with E-state index < -0.39 is 15.8 Å². The van der Waals surface area contributed by atoms with Gasteiger partial charge < -0.3 is 10.0 Å². The second kappa shape index (κ2) is 6.78. The number of aliphatic hydroxyl groups is 1. The van der Waals surface area contributed by atoms with E-state index in [1.165, 1.54) is 22.7 Å². The summed E-state index contributed by atoms with van der Waals surface area (Å²) in [4.78, 5) is 6.50. The number of anilines is 1. The van der Waals surface area contributed by atoms with Crippen molar-refractivity contribution in [3.8, 4) is 6.07 Å². The molecule has 26 heavy (non-hydrogen) atoms.